The van der Waals surface area contributed by atoms with E-state index in [1.165, 1.54) is 19.3 Å². The molecule has 0 atom stereocenters. The number of nitrogens with one attached hydrogen (secondary N) is 2. The fraction of sp³-hybridized carbons (Fsp3) is 0.625. The van der Waals surface area contributed by atoms with Crippen molar-refractivity contribution in [3.8, 4) is 0 Å². The molecule has 6 heteroatoms. The molecule has 2 N–H and O–H groups in total. The van der Waals surface area contributed by atoms with E-state index in [4.69, 9.17) is 4.74 Å². The zero-order valence-electron chi connectivity index (χ0n) is 18.0. The number of carbonyl (C=O) groups is 3. The van der Waals surface area contributed by atoms with Crippen LogP contribution in [0.25, 0.3) is 0 Å². The molecule has 1 aromatic carbocycles. The monoisotopic (exact) mass is 412 g/mol. The maximum Gasteiger partial charge on any atom is 0.325 e. The quantitative estimate of drug-likeness (QED) is 0.671. The van der Waals surface area contributed by atoms with Gasteiger partial charge in [0.2, 0.25) is 5.91 Å². The van der Waals surface area contributed by atoms with Gasteiger partial charge in [0.1, 0.15) is 6.54 Å². The number of hydrogen-bond acceptors (Lipinski definition) is 4. The average molecular weight is 413 g/mol. The molecule has 0 unspecified atom stereocenters. The molecule has 162 valence electrons. The minimum absolute atomic E-state index is 0.0754. The molecule has 1 aromatic rings. The predicted octanol–water partition coefficient (Wildman–Crippen LogP) is 3.51. The predicted molar refractivity (Wildman–Crippen MR) is 114 cm³/mol. The molecule has 30 heavy (non-hydrogen) atoms. The fourth-order valence-corrected chi connectivity index (χ4v) is 6.52. The SMILES string of the molecule is Cc1cc(C)cc(NC(=O)COC(=O)CNC(=O)CC23CC4CC(CC(C4)C2)C3)c1. The minimum Gasteiger partial charge on any atom is -0.454 e. The van der Waals surface area contributed by atoms with Crippen LogP contribution >= 0.6 is 0 Å². The summed E-state index contributed by atoms with van der Waals surface area (Å²) in [6, 6.07) is 5.73. The van der Waals surface area contributed by atoms with E-state index in [9.17, 15) is 14.4 Å². The molecule has 4 aliphatic rings. The molecule has 0 radical (unpaired) electrons. The van der Waals surface area contributed by atoms with Crippen molar-refractivity contribution >= 4 is 23.5 Å². The molecule has 0 aliphatic heterocycles. The van der Waals surface area contributed by atoms with E-state index in [1.807, 2.05) is 32.0 Å². The number of benzene rings is 1. The van der Waals surface area contributed by atoms with E-state index in [0.29, 0.717) is 12.1 Å². The highest BCUT2D eigenvalue weighted by molar-refractivity contribution is 5.93. The van der Waals surface area contributed by atoms with Crippen molar-refractivity contribution in [1.29, 1.82) is 0 Å². The summed E-state index contributed by atoms with van der Waals surface area (Å²) in [5, 5.41) is 5.43. The van der Waals surface area contributed by atoms with Crippen LogP contribution in [0.5, 0.6) is 0 Å². The van der Waals surface area contributed by atoms with Crippen LogP contribution in [0.1, 0.15) is 56.1 Å². The van der Waals surface area contributed by atoms with E-state index < -0.39 is 11.9 Å². The molecular weight excluding hydrogens is 380 g/mol. The Kier molecular flexibility index (Phi) is 5.85. The molecule has 0 spiro atoms. The molecule has 4 bridgehead atoms. The van der Waals surface area contributed by atoms with Crippen molar-refractivity contribution < 1.29 is 19.1 Å². The normalized spacial score (nSPS) is 28.8. The second-order valence-corrected chi connectivity index (χ2v) is 9.96. The molecular formula is C24H32N2O4. The van der Waals surface area contributed by atoms with Crippen molar-refractivity contribution in [2.45, 2.75) is 58.8 Å². The van der Waals surface area contributed by atoms with Gasteiger partial charge in [0, 0.05) is 12.1 Å². The number of ether oxygens (including phenoxy) is 1. The topological polar surface area (TPSA) is 84.5 Å². The maximum absolute atomic E-state index is 12.5. The number of aryl methyl sites for hydroxylation is 2. The van der Waals surface area contributed by atoms with Crippen LogP contribution in [-0.4, -0.2) is 30.9 Å². The van der Waals surface area contributed by atoms with Crippen molar-refractivity contribution in [3.63, 3.8) is 0 Å². The number of carbonyl (C=O) groups excluding carboxylic acids is 3. The largest absolute Gasteiger partial charge is 0.454 e. The Balaban J connectivity index is 1.18. The van der Waals surface area contributed by atoms with Crippen molar-refractivity contribution in [2.75, 3.05) is 18.5 Å². The Bertz CT molecular complexity index is 792. The lowest BCUT2D eigenvalue weighted by Gasteiger charge is -2.56. The van der Waals surface area contributed by atoms with Crippen LogP contribution in [0.15, 0.2) is 18.2 Å². The van der Waals surface area contributed by atoms with E-state index in [0.717, 1.165) is 48.1 Å². The van der Waals surface area contributed by atoms with Crippen LogP contribution in [0.3, 0.4) is 0 Å². The van der Waals surface area contributed by atoms with E-state index in [2.05, 4.69) is 10.6 Å². The first-order chi connectivity index (χ1) is 14.3. The highest BCUT2D eigenvalue weighted by atomic mass is 16.5. The fourth-order valence-electron chi connectivity index (χ4n) is 6.52. The van der Waals surface area contributed by atoms with Gasteiger partial charge >= 0.3 is 5.97 Å². The molecule has 0 saturated heterocycles. The third-order valence-corrected chi connectivity index (χ3v) is 7.00. The molecule has 4 aliphatic carbocycles. The number of anilines is 1. The summed E-state index contributed by atoms with van der Waals surface area (Å²) in [6.07, 6.45) is 8.03. The van der Waals surface area contributed by atoms with Gasteiger partial charge in [0.05, 0.1) is 0 Å². The summed E-state index contributed by atoms with van der Waals surface area (Å²) in [6.45, 7) is 3.35. The highest BCUT2D eigenvalue weighted by Crippen LogP contribution is 2.61. The summed E-state index contributed by atoms with van der Waals surface area (Å²) < 4.78 is 5.02. The lowest BCUT2D eigenvalue weighted by molar-refractivity contribution is -0.147. The minimum atomic E-state index is -0.593. The third kappa shape index (κ3) is 5.02. The Morgan fingerprint density at radius 3 is 2.07 bits per heavy atom. The summed E-state index contributed by atoms with van der Waals surface area (Å²) in [5.74, 6) is 1.32. The number of esters is 1. The van der Waals surface area contributed by atoms with Gasteiger partial charge < -0.3 is 15.4 Å². The molecule has 6 nitrogen and oxygen atoms in total. The van der Waals surface area contributed by atoms with Crippen molar-refractivity contribution in [2.24, 2.45) is 23.2 Å². The zero-order chi connectivity index (χ0) is 21.3. The van der Waals surface area contributed by atoms with E-state index in [-0.39, 0.29) is 24.5 Å². The first-order valence-corrected chi connectivity index (χ1v) is 11.1. The molecule has 5 rings (SSSR count). The lowest BCUT2D eigenvalue weighted by atomic mass is 9.49. The molecule has 0 heterocycles. The van der Waals surface area contributed by atoms with Crippen LogP contribution in [-0.2, 0) is 19.1 Å². The van der Waals surface area contributed by atoms with Crippen LogP contribution in [0.2, 0.25) is 0 Å². The summed E-state index contributed by atoms with van der Waals surface area (Å²) in [5.41, 5.74) is 2.92. The zero-order valence-corrected chi connectivity index (χ0v) is 18.0. The van der Waals surface area contributed by atoms with Crippen LogP contribution < -0.4 is 10.6 Å². The Morgan fingerprint density at radius 1 is 0.933 bits per heavy atom. The number of hydrogen-bond donors (Lipinski definition) is 2. The average Bonchev–Trinajstić information content (AvgIpc) is 2.62. The van der Waals surface area contributed by atoms with Gasteiger partial charge in [-0.15, -0.1) is 0 Å². The molecule has 4 saturated carbocycles. The van der Waals surface area contributed by atoms with Crippen LogP contribution in [0.4, 0.5) is 5.69 Å². The van der Waals surface area contributed by atoms with Gasteiger partial charge in [-0.2, -0.15) is 0 Å². The van der Waals surface area contributed by atoms with Crippen molar-refractivity contribution in [3.05, 3.63) is 29.3 Å². The summed E-state index contributed by atoms with van der Waals surface area (Å²) >= 11 is 0. The maximum atomic E-state index is 12.5. The summed E-state index contributed by atoms with van der Waals surface area (Å²) in [7, 11) is 0. The molecule has 0 aromatic heterocycles. The highest BCUT2D eigenvalue weighted by Gasteiger charge is 2.51. The van der Waals surface area contributed by atoms with Gasteiger partial charge in [0.25, 0.3) is 5.91 Å². The Morgan fingerprint density at radius 2 is 1.50 bits per heavy atom. The van der Waals surface area contributed by atoms with Crippen molar-refractivity contribution in [1.82, 2.24) is 5.32 Å². The van der Waals surface area contributed by atoms with Gasteiger partial charge in [0.15, 0.2) is 6.61 Å². The second-order valence-electron chi connectivity index (χ2n) is 9.96. The van der Waals surface area contributed by atoms with E-state index in [1.54, 1.807) is 0 Å². The summed E-state index contributed by atoms with van der Waals surface area (Å²) in [4.78, 5) is 36.5. The van der Waals surface area contributed by atoms with Gasteiger partial charge in [-0.3, -0.25) is 14.4 Å². The first-order valence-electron chi connectivity index (χ1n) is 11.1. The molecule has 2 amide bonds. The number of rotatable bonds is 7. The third-order valence-electron chi connectivity index (χ3n) is 7.00. The standard InChI is InChI=1S/C24H32N2O4/c1-15-3-16(2)5-20(4-15)26-22(28)14-30-23(29)13-25-21(27)12-24-9-17-6-18(10-24)8-19(7-17)11-24/h3-5,17-19H,6-14H2,1-2H3,(H,25,27)(H,26,28). The molecule has 4 fully saturated rings. The van der Waals surface area contributed by atoms with E-state index >= 15 is 0 Å². The van der Waals surface area contributed by atoms with Crippen LogP contribution in [0, 0.1) is 37.0 Å². The van der Waals surface area contributed by atoms with Gasteiger partial charge in [-0.05, 0) is 98.8 Å². The lowest BCUT2D eigenvalue weighted by Crippen LogP contribution is -2.48. The second kappa shape index (κ2) is 8.40. The first kappa shape index (κ1) is 20.9. The Hall–Kier alpha value is -2.37. The van der Waals surface area contributed by atoms with Gasteiger partial charge in [-0.25, -0.2) is 0 Å². The number of amides is 2. The van der Waals surface area contributed by atoms with Gasteiger partial charge in [-0.1, -0.05) is 6.07 Å². The smallest absolute Gasteiger partial charge is 0.325 e. The Labute approximate surface area is 178 Å².